The van der Waals surface area contributed by atoms with Crippen molar-refractivity contribution in [2.75, 3.05) is 0 Å². The second-order valence-corrected chi connectivity index (χ2v) is 5.27. The van der Waals surface area contributed by atoms with Crippen LogP contribution < -0.4 is 5.32 Å². The van der Waals surface area contributed by atoms with Crippen LogP contribution in [0.3, 0.4) is 0 Å². The summed E-state index contributed by atoms with van der Waals surface area (Å²) in [4.78, 5) is 3.15. The third-order valence-electron chi connectivity index (χ3n) is 2.48. The summed E-state index contributed by atoms with van der Waals surface area (Å²) in [6, 6.07) is 2.99. The first-order valence-electron chi connectivity index (χ1n) is 5.09. The van der Waals surface area contributed by atoms with Gasteiger partial charge in [-0.15, -0.1) is 11.3 Å². The molecule has 1 aliphatic carbocycles. The summed E-state index contributed by atoms with van der Waals surface area (Å²) in [5.41, 5.74) is 1.62. The van der Waals surface area contributed by atoms with E-state index in [0.717, 1.165) is 6.54 Å². The van der Waals surface area contributed by atoms with E-state index in [0.29, 0.717) is 6.04 Å². The van der Waals surface area contributed by atoms with Crippen LogP contribution in [0.5, 0.6) is 0 Å². The Bertz CT molecular complexity index is 267. The first kappa shape index (κ1) is 9.22. The van der Waals surface area contributed by atoms with Crippen molar-refractivity contribution in [2.45, 2.75) is 45.7 Å². The highest BCUT2D eigenvalue weighted by Gasteiger charge is 2.14. The maximum atomic E-state index is 3.46. The van der Waals surface area contributed by atoms with Crippen molar-refractivity contribution in [3.05, 3.63) is 21.4 Å². The summed E-state index contributed by atoms with van der Waals surface area (Å²) in [6.07, 6.45) is 4.01. The Labute approximate surface area is 84.2 Å². The molecule has 72 valence electrons. The Hall–Kier alpha value is -0.340. The molecule has 2 heteroatoms. The van der Waals surface area contributed by atoms with Crippen molar-refractivity contribution >= 4 is 11.3 Å². The highest BCUT2D eigenvalue weighted by molar-refractivity contribution is 7.12. The van der Waals surface area contributed by atoms with Gasteiger partial charge in [0, 0.05) is 22.3 Å². The van der Waals surface area contributed by atoms with Gasteiger partial charge in [-0.3, -0.25) is 0 Å². The second-order valence-electron chi connectivity index (χ2n) is 4.05. The third kappa shape index (κ3) is 2.12. The number of thiophene rings is 1. The molecule has 0 saturated heterocycles. The van der Waals surface area contributed by atoms with Crippen LogP contribution in [0, 0.1) is 0 Å². The van der Waals surface area contributed by atoms with Crippen LogP contribution >= 0.6 is 11.3 Å². The van der Waals surface area contributed by atoms with Gasteiger partial charge in [0.15, 0.2) is 0 Å². The standard InChI is InChI=1S/C11H17NS/c1-8(2)12-7-10-6-9-4-3-5-11(9)13-10/h6,8,12H,3-5,7H2,1-2H3. The Morgan fingerprint density at radius 1 is 1.46 bits per heavy atom. The van der Waals surface area contributed by atoms with Crippen molar-refractivity contribution < 1.29 is 0 Å². The fraction of sp³-hybridized carbons (Fsp3) is 0.636. The van der Waals surface area contributed by atoms with Crippen molar-refractivity contribution in [1.29, 1.82) is 0 Å². The lowest BCUT2D eigenvalue weighted by Crippen LogP contribution is -2.21. The molecule has 0 spiro atoms. The SMILES string of the molecule is CC(C)NCc1cc2c(s1)CCC2. The summed E-state index contributed by atoms with van der Waals surface area (Å²) in [5, 5.41) is 3.46. The van der Waals surface area contributed by atoms with E-state index >= 15 is 0 Å². The summed E-state index contributed by atoms with van der Waals surface area (Å²) >= 11 is 2.00. The van der Waals surface area contributed by atoms with Gasteiger partial charge in [-0.25, -0.2) is 0 Å². The summed E-state index contributed by atoms with van der Waals surface area (Å²) in [5.74, 6) is 0. The molecule has 1 heterocycles. The molecule has 0 unspecified atom stereocenters. The predicted octanol–water partition coefficient (Wildman–Crippen LogP) is 2.73. The zero-order valence-corrected chi connectivity index (χ0v) is 9.21. The average molecular weight is 195 g/mol. The normalized spacial score (nSPS) is 15.3. The van der Waals surface area contributed by atoms with Gasteiger partial charge in [-0.05, 0) is 30.9 Å². The van der Waals surface area contributed by atoms with Crippen LogP contribution in [0.25, 0.3) is 0 Å². The molecule has 0 bridgehead atoms. The van der Waals surface area contributed by atoms with E-state index in [1.807, 2.05) is 11.3 Å². The molecule has 1 nitrogen and oxygen atoms in total. The number of hydrogen-bond donors (Lipinski definition) is 1. The van der Waals surface area contributed by atoms with E-state index in [-0.39, 0.29) is 0 Å². The van der Waals surface area contributed by atoms with Crippen molar-refractivity contribution in [3.63, 3.8) is 0 Å². The molecule has 0 atom stereocenters. The minimum Gasteiger partial charge on any atom is -0.310 e. The summed E-state index contributed by atoms with van der Waals surface area (Å²) in [7, 11) is 0. The molecule has 1 aromatic heterocycles. The first-order chi connectivity index (χ1) is 6.25. The molecule has 0 saturated carbocycles. The molecule has 2 rings (SSSR count). The third-order valence-corrected chi connectivity index (χ3v) is 3.72. The fourth-order valence-corrected chi connectivity index (χ4v) is 2.99. The van der Waals surface area contributed by atoms with Gasteiger partial charge in [-0.1, -0.05) is 13.8 Å². The molecule has 0 amide bonds. The lowest BCUT2D eigenvalue weighted by Gasteiger charge is -2.05. The van der Waals surface area contributed by atoms with Crippen molar-refractivity contribution in [2.24, 2.45) is 0 Å². The average Bonchev–Trinajstić information content (AvgIpc) is 2.58. The molecule has 0 aliphatic heterocycles. The minimum absolute atomic E-state index is 0.594. The monoisotopic (exact) mass is 195 g/mol. The number of rotatable bonds is 3. The maximum Gasteiger partial charge on any atom is 0.0302 e. The van der Waals surface area contributed by atoms with Gasteiger partial charge in [0.2, 0.25) is 0 Å². The van der Waals surface area contributed by atoms with E-state index in [9.17, 15) is 0 Å². The van der Waals surface area contributed by atoms with Gasteiger partial charge in [0.05, 0.1) is 0 Å². The van der Waals surface area contributed by atoms with E-state index in [1.54, 1.807) is 10.4 Å². The van der Waals surface area contributed by atoms with Gasteiger partial charge in [-0.2, -0.15) is 0 Å². The van der Waals surface area contributed by atoms with Crippen LogP contribution in [0.4, 0.5) is 0 Å². The van der Waals surface area contributed by atoms with E-state index in [1.165, 1.54) is 24.1 Å². The fourth-order valence-electron chi connectivity index (χ4n) is 1.78. The summed E-state index contributed by atoms with van der Waals surface area (Å²) in [6.45, 7) is 5.44. The molecule has 1 N–H and O–H groups in total. The van der Waals surface area contributed by atoms with Gasteiger partial charge in [0.1, 0.15) is 0 Å². The second kappa shape index (κ2) is 3.81. The molecular formula is C11H17NS. The molecule has 0 aromatic carbocycles. The number of aryl methyl sites for hydroxylation is 2. The largest absolute Gasteiger partial charge is 0.310 e. The van der Waals surface area contributed by atoms with Gasteiger partial charge in [0.25, 0.3) is 0 Å². The first-order valence-corrected chi connectivity index (χ1v) is 5.91. The zero-order valence-electron chi connectivity index (χ0n) is 8.39. The molecule has 13 heavy (non-hydrogen) atoms. The smallest absolute Gasteiger partial charge is 0.0302 e. The number of hydrogen-bond acceptors (Lipinski definition) is 2. The maximum absolute atomic E-state index is 3.46. The molecule has 1 aromatic rings. The lowest BCUT2D eigenvalue weighted by atomic mass is 10.2. The highest BCUT2D eigenvalue weighted by Crippen LogP contribution is 2.30. The Kier molecular flexibility index (Phi) is 2.70. The Balaban J connectivity index is 1.98. The van der Waals surface area contributed by atoms with E-state index in [4.69, 9.17) is 0 Å². The zero-order chi connectivity index (χ0) is 9.26. The quantitative estimate of drug-likeness (QED) is 0.782. The van der Waals surface area contributed by atoms with Crippen LogP contribution in [-0.2, 0) is 19.4 Å². The van der Waals surface area contributed by atoms with Gasteiger partial charge >= 0.3 is 0 Å². The molecule has 0 radical (unpaired) electrons. The molecular weight excluding hydrogens is 178 g/mol. The molecule has 1 aliphatic rings. The Morgan fingerprint density at radius 2 is 2.31 bits per heavy atom. The van der Waals surface area contributed by atoms with Crippen LogP contribution in [-0.4, -0.2) is 6.04 Å². The number of nitrogens with one attached hydrogen (secondary N) is 1. The lowest BCUT2D eigenvalue weighted by molar-refractivity contribution is 0.593. The highest BCUT2D eigenvalue weighted by atomic mass is 32.1. The van der Waals surface area contributed by atoms with Crippen LogP contribution in [0.2, 0.25) is 0 Å². The summed E-state index contributed by atoms with van der Waals surface area (Å²) < 4.78 is 0. The minimum atomic E-state index is 0.594. The predicted molar refractivity (Wildman–Crippen MR) is 58.3 cm³/mol. The van der Waals surface area contributed by atoms with E-state index in [2.05, 4.69) is 25.2 Å². The van der Waals surface area contributed by atoms with Crippen LogP contribution in [0.1, 0.15) is 35.6 Å². The van der Waals surface area contributed by atoms with Gasteiger partial charge < -0.3 is 5.32 Å². The van der Waals surface area contributed by atoms with Crippen molar-refractivity contribution in [3.8, 4) is 0 Å². The molecule has 0 fully saturated rings. The van der Waals surface area contributed by atoms with Crippen molar-refractivity contribution in [1.82, 2.24) is 5.32 Å². The Morgan fingerprint density at radius 3 is 3.00 bits per heavy atom. The number of fused-ring (bicyclic) bond motifs is 1. The topological polar surface area (TPSA) is 12.0 Å². The van der Waals surface area contributed by atoms with E-state index < -0.39 is 0 Å². The van der Waals surface area contributed by atoms with Crippen LogP contribution in [0.15, 0.2) is 6.07 Å².